The van der Waals surface area contributed by atoms with Crippen molar-refractivity contribution in [3.63, 3.8) is 0 Å². The maximum absolute atomic E-state index is 5.42. The van der Waals surface area contributed by atoms with E-state index in [1.807, 2.05) is 0 Å². The van der Waals surface area contributed by atoms with Crippen LogP contribution in [0.15, 0.2) is 309 Å². The first-order valence-electron chi connectivity index (χ1n) is 26.9. The summed E-state index contributed by atoms with van der Waals surface area (Å²) in [6.07, 6.45) is 0. The second-order valence-electron chi connectivity index (χ2n) is 20.2. The highest BCUT2D eigenvalue weighted by molar-refractivity contribution is 6.09. The second-order valence-corrected chi connectivity index (χ2v) is 20.2. The van der Waals surface area contributed by atoms with Gasteiger partial charge in [0.25, 0.3) is 0 Å². The largest absolute Gasteiger partial charge is 0.309 e. The van der Waals surface area contributed by atoms with Gasteiger partial charge in [-0.2, -0.15) is 0 Å². The molecule has 0 saturated heterocycles. The van der Waals surface area contributed by atoms with Crippen molar-refractivity contribution >= 4 is 21.8 Å². The zero-order chi connectivity index (χ0) is 52.5. The molecule has 0 saturated carbocycles. The Morgan fingerprint density at radius 2 is 0.468 bits per heavy atom. The highest BCUT2D eigenvalue weighted by atomic mass is 15.0. The van der Waals surface area contributed by atoms with Crippen LogP contribution in [0.1, 0.15) is 0 Å². The van der Waals surface area contributed by atoms with Gasteiger partial charge in [-0.25, -0.2) is 9.97 Å². The van der Waals surface area contributed by atoms with Crippen LogP contribution in [0.25, 0.3) is 139 Å². The Morgan fingerprint density at radius 3 is 0.861 bits per heavy atom. The number of hydrogen-bond donors (Lipinski definition) is 0. The van der Waals surface area contributed by atoms with Gasteiger partial charge in [0.2, 0.25) is 0 Å². The standard InChI is InChI=1S/C76H51N3/c1-3-18-52(19-4-1)56-22-11-26-60(44-56)61-27-13-24-58(46-61)54-40-42-55(43-41-54)59-25-14-29-63(47-59)65-31-16-33-67(49-65)73-51-72(66-32-15-30-64(48-66)62-28-12-23-57(45-62)53-20-5-2-6-21-53)77-76(78-73)68-34-17-35-69(50-68)79-74-38-9-7-36-70(74)71-37-8-10-39-75(71)79/h1-51H. The van der Waals surface area contributed by atoms with Crippen molar-refractivity contribution in [1.29, 1.82) is 0 Å². The van der Waals surface area contributed by atoms with E-state index in [2.05, 4.69) is 314 Å². The number of aromatic nitrogens is 3. The van der Waals surface area contributed by atoms with Crippen LogP contribution in [0.3, 0.4) is 0 Å². The van der Waals surface area contributed by atoms with Gasteiger partial charge in [0.15, 0.2) is 5.82 Å². The summed E-state index contributed by atoms with van der Waals surface area (Å²) in [6.45, 7) is 0. The summed E-state index contributed by atoms with van der Waals surface area (Å²) in [4.78, 5) is 10.8. The molecule has 0 spiro atoms. The SMILES string of the molecule is c1ccc(-c2cccc(-c3cccc(-c4ccc(-c5cccc(-c6cccc(-c7cc(-c8cccc(-c9cccc(-c%10ccccc%10)c9)c8)nc(-c8cccc(-n9c%10ccccc%10c%10ccccc%109)c8)n7)c6)c5)cc4)c3)c2)cc1. The quantitative estimate of drug-likeness (QED) is 0.129. The van der Waals surface area contributed by atoms with Crippen molar-refractivity contribution in [3.8, 4) is 117 Å². The molecule has 0 bridgehead atoms. The molecule has 14 aromatic rings. The monoisotopic (exact) mass is 1010 g/mol. The molecule has 0 aliphatic heterocycles. The van der Waals surface area contributed by atoms with Gasteiger partial charge < -0.3 is 4.57 Å². The minimum atomic E-state index is 0.659. The molecule has 0 amide bonds. The average molecular weight is 1010 g/mol. The summed E-state index contributed by atoms with van der Waals surface area (Å²) in [5.41, 5.74) is 24.4. The van der Waals surface area contributed by atoms with E-state index < -0.39 is 0 Å². The molecule has 0 fully saturated rings. The molecule has 0 N–H and O–H groups in total. The van der Waals surface area contributed by atoms with Crippen LogP contribution < -0.4 is 0 Å². The van der Waals surface area contributed by atoms with Gasteiger partial charge in [-0.3, -0.25) is 0 Å². The van der Waals surface area contributed by atoms with Gasteiger partial charge in [0, 0.05) is 33.2 Å². The van der Waals surface area contributed by atoms with Crippen LogP contribution in [0, 0.1) is 0 Å². The van der Waals surface area contributed by atoms with Gasteiger partial charge in [-0.05, 0) is 145 Å². The lowest BCUT2D eigenvalue weighted by atomic mass is 9.94. The van der Waals surface area contributed by atoms with E-state index in [1.54, 1.807) is 0 Å². The normalized spacial score (nSPS) is 11.3. The van der Waals surface area contributed by atoms with Crippen LogP contribution in [0.2, 0.25) is 0 Å². The summed E-state index contributed by atoms with van der Waals surface area (Å²) in [5, 5.41) is 2.45. The van der Waals surface area contributed by atoms with Crippen molar-refractivity contribution < 1.29 is 0 Å². The second kappa shape index (κ2) is 20.6. The number of fused-ring (bicyclic) bond motifs is 3. The van der Waals surface area contributed by atoms with Crippen molar-refractivity contribution in [2.75, 3.05) is 0 Å². The Morgan fingerprint density at radius 1 is 0.190 bits per heavy atom. The lowest BCUT2D eigenvalue weighted by molar-refractivity contribution is 1.16. The summed E-state index contributed by atoms with van der Waals surface area (Å²) in [7, 11) is 0. The highest BCUT2D eigenvalue weighted by Crippen LogP contribution is 2.38. The van der Waals surface area contributed by atoms with E-state index in [9.17, 15) is 0 Å². The summed E-state index contributed by atoms with van der Waals surface area (Å²) in [6, 6.07) is 111. The Kier molecular flexibility index (Phi) is 12.2. The molecule has 0 atom stereocenters. The molecular weight excluding hydrogens is 955 g/mol. The molecule has 79 heavy (non-hydrogen) atoms. The van der Waals surface area contributed by atoms with Crippen LogP contribution in [-0.4, -0.2) is 14.5 Å². The lowest BCUT2D eigenvalue weighted by Gasteiger charge is -2.13. The summed E-state index contributed by atoms with van der Waals surface area (Å²) >= 11 is 0. The number of hydrogen-bond acceptors (Lipinski definition) is 2. The van der Waals surface area contributed by atoms with Gasteiger partial charge >= 0.3 is 0 Å². The third kappa shape index (κ3) is 9.41. The van der Waals surface area contributed by atoms with Crippen molar-refractivity contribution in [3.05, 3.63) is 309 Å². The Bertz CT molecular complexity index is 4480. The fourth-order valence-corrected chi connectivity index (χ4v) is 11.2. The Hall–Kier alpha value is -10.5. The van der Waals surface area contributed by atoms with Crippen LogP contribution in [0.4, 0.5) is 0 Å². The number of nitrogens with zero attached hydrogens (tertiary/aromatic N) is 3. The number of rotatable bonds is 11. The Balaban J connectivity index is 0.810. The van der Waals surface area contributed by atoms with Gasteiger partial charge in [0.1, 0.15) is 0 Å². The minimum absolute atomic E-state index is 0.659. The molecule has 370 valence electrons. The molecule has 0 radical (unpaired) electrons. The molecule has 14 rings (SSSR count). The van der Waals surface area contributed by atoms with Crippen molar-refractivity contribution in [1.82, 2.24) is 14.5 Å². The van der Waals surface area contributed by atoms with Crippen molar-refractivity contribution in [2.24, 2.45) is 0 Å². The molecule has 12 aromatic carbocycles. The zero-order valence-corrected chi connectivity index (χ0v) is 43.3. The number of benzene rings is 12. The van der Waals surface area contributed by atoms with Gasteiger partial charge in [-0.1, -0.05) is 243 Å². The zero-order valence-electron chi connectivity index (χ0n) is 43.3. The molecular formula is C76H51N3. The number of para-hydroxylation sites is 2. The molecule has 0 aliphatic rings. The lowest BCUT2D eigenvalue weighted by Crippen LogP contribution is -1.98. The van der Waals surface area contributed by atoms with Crippen LogP contribution >= 0.6 is 0 Å². The molecule has 0 aliphatic carbocycles. The first kappa shape index (κ1) is 47.0. The van der Waals surface area contributed by atoms with Crippen LogP contribution in [-0.2, 0) is 0 Å². The predicted molar refractivity (Wildman–Crippen MR) is 331 cm³/mol. The van der Waals surface area contributed by atoms with Crippen LogP contribution in [0.5, 0.6) is 0 Å². The first-order valence-corrected chi connectivity index (χ1v) is 26.9. The topological polar surface area (TPSA) is 30.7 Å². The molecule has 3 heteroatoms. The third-order valence-electron chi connectivity index (χ3n) is 15.2. The van der Waals surface area contributed by atoms with Gasteiger partial charge in [0.05, 0.1) is 22.4 Å². The van der Waals surface area contributed by atoms with E-state index in [0.29, 0.717) is 5.82 Å². The van der Waals surface area contributed by atoms with E-state index in [-0.39, 0.29) is 0 Å². The Labute approximate surface area is 460 Å². The molecule has 2 heterocycles. The fourth-order valence-electron chi connectivity index (χ4n) is 11.2. The smallest absolute Gasteiger partial charge is 0.160 e. The van der Waals surface area contributed by atoms with Gasteiger partial charge in [-0.15, -0.1) is 0 Å². The summed E-state index contributed by atoms with van der Waals surface area (Å²) in [5.74, 6) is 0.659. The van der Waals surface area contributed by atoms with E-state index in [1.165, 1.54) is 55.3 Å². The van der Waals surface area contributed by atoms with E-state index >= 15 is 0 Å². The first-order chi connectivity index (χ1) is 39.1. The predicted octanol–water partition coefficient (Wildman–Crippen LogP) is 20.2. The van der Waals surface area contributed by atoms with Crippen molar-refractivity contribution in [2.45, 2.75) is 0 Å². The highest BCUT2D eigenvalue weighted by Gasteiger charge is 2.17. The maximum atomic E-state index is 5.42. The van der Waals surface area contributed by atoms with E-state index in [4.69, 9.17) is 9.97 Å². The third-order valence-corrected chi connectivity index (χ3v) is 15.2. The van der Waals surface area contributed by atoms with E-state index in [0.717, 1.165) is 78.2 Å². The maximum Gasteiger partial charge on any atom is 0.160 e. The summed E-state index contributed by atoms with van der Waals surface area (Å²) < 4.78 is 2.35. The fraction of sp³-hybridized carbons (Fsp3) is 0. The molecule has 2 aromatic heterocycles. The minimum Gasteiger partial charge on any atom is -0.309 e. The average Bonchev–Trinajstić information content (AvgIpc) is 4.14. The molecule has 0 unspecified atom stereocenters. The molecule has 3 nitrogen and oxygen atoms in total.